The van der Waals surface area contributed by atoms with Crippen LogP contribution >= 0.6 is 0 Å². The lowest BCUT2D eigenvalue weighted by Crippen LogP contribution is -2.47. The summed E-state index contributed by atoms with van der Waals surface area (Å²) in [4.78, 5) is 0. The van der Waals surface area contributed by atoms with E-state index in [0.717, 1.165) is 42.0 Å². The Bertz CT molecular complexity index is 427. The predicted molar refractivity (Wildman–Crippen MR) is 67.5 cm³/mol. The van der Waals surface area contributed by atoms with Crippen LogP contribution in [0.4, 0.5) is 0 Å². The van der Waals surface area contributed by atoms with Gasteiger partial charge in [0.25, 0.3) is 0 Å². The Labute approximate surface area is 107 Å². The number of ether oxygens (including phenoxy) is 2. The van der Waals surface area contributed by atoms with E-state index in [1.54, 1.807) is 0 Å². The fraction of sp³-hybridized carbons (Fsp3) is 0.571. The van der Waals surface area contributed by atoms with Crippen LogP contribution in [0.15, 0.2) is 18.2 Å². The van der Waals surface area contributed by atoms with Gasteiger partial charge in [0.2, 0.25) is 6.79 Å². The molecule has 0 saturated carbocycles. The Morgan fingerprint density at radius 2 is 1.89 bits per heavy atom. The zero-order chi connectivity index (χ0) is 12.4. The first kappa shape index (κ1) is 11.8. The average Bonchev–Trinajstić information content (AvgIpc) is 3.05. The molecule has 4 nitrogen and oxygen atoms in total. The minimum Gasteiger partial charge on any atom is -0.454 e. The Morgan fingerprint density at radius 3 is 2.67 bits per heavy atom. The summed E-state index contributed by atoms with van der Waals surface area (Å²) in [5, 5.41) is 9.58. The number of likely N-dealkylation sites (tertiary alicyclic amines) is 1. The number of aliphatic hydroxyl groups is 1. The van der Waals surface area contributed by atoms with Gasteiger partial charge in [0.15, 0.2) is 18.2 Å². The van der Waals surface area contributed by atoms with Crippen LogP contribution in [-0.2, 0) is 6.42 Å². The van der Waals surface area contributed by atoms with E-state index in [2.05, 4.69) is 12.1 Å². The van der Waals surface area contributed by atoms with Gasteiger partial charge in [0.05, 0.1) is 19.6 Å². The normalized spacial score (nSPS) is 20.3. The van der Waals surface area contributed by atoms with E-state index in [1.165, 1.54) is 18.4 Å². The molecule has 0 bridgehead atoms. The number of aliphatic hydroxyl groups excluding tert-OH is 1. The van der Waals surface area contributed by atoms with Crippen molar-refractivity contribution in [3.63, 3.8) is 0 Å². The molecule has 0 aromatic heterocycles. The SMILES string of the molecule is OC[N+]1(CCc2ccc3c(c2)OCO3)CCCC1. The fourth-order valence-corrected chi connectivity index (χ4v) is 2.90. The van der Waals surface area contributed by atoms with Gasteiger partial charge in [-0.25, -0.2) is 0 Å². The van der Waals surface area contributed by atoms with E-state index >= 15 is 0 Å². The molecule has 98 valence electrons. The van der Waals surface area contributed by atoms with Crippen LogP contribution < -0.4 is 9.47 Å². The highest BCUT2D eigenvalue weighted by atomic mass is 16.7. The highest BCUT2D eigenvalue weighted by Crippen LogP contribution is 2.33. The standard InChI is InChI=1S/C14H20NO3/c16-10-15(6-1-2-7-15)8-5-12-3-4-13-14(9-12)18-11-17-13/h3-4,9,16H,1-2,5-8,10-11H2/q+1. The molecule has 0 radical (unpaired) electrons. The zero-order valence-corrected chi connectivity index (χ0v) is 10.6. The summed E-state index contributed by atoms with van der Waals surface area (Å²) in [6.45, 7) is 3.83. The molecular weight excluding hydrogens is 230 g/mol. The van der Waals surface area contributed by atoms with Crippen LogP contribution in [0.3, 0.4) is 0 Å². The average molecular weight is 250 g/mol. The Hall–Kier alpha value is -1.26. The molecule has 1 saturated heterocycles. The second kappa shape index (κ2) is 4.78. The molecule has 0 amide bonds. The van der Waals surface area contributed by atoms with Crippen molar-refractivity contribution in [1.29, 1.82) is 0 Å². The topological polar surface area (TPSA) is 38.7 Å². The maximum Gasteiger partial charge on any atom is 0.231 e. The predicted octanol–water partition coefficient (Wildman–Crippen LogP) is 1.52. The number of hydrogen-bond acceptors (Lipinski definition) is 3. The number of benzene rings is 1. The molecule has 2 aliphatic heterocycles. The Kier molecular flexibility index (Phi) is 3.14. The van der Waals surface area contributed by atoms with Crippen molar-refractivity contribution in [2.45, 2.75) is 19.3 Å². The van der Waals surface area contributed by atoms with Crippen LogP contribution in [-0.4, -0.2) is 42.7 Å². The van der Waals surface area contributed by atoms with Gasteiger partial charge >= 0.3 is 0 Å². The molecule has 0 atom stereocenters. The van der Waals surface area contributed by atoms with Crippen molar-refractivity contribution in [1.82, 2.24) is 0 Å². The van der Waals surface area contributed by atoms with Crippen molar-refractivity contribution < 1.29 is 19.1 Å². The maximum atomic E-state index is 9.58. The molecule has 0 aliphatic carbocycles. The van der Waals surface area contributed by atoms with Gasteiger partial charge in [0.1, 0.15) is 0 Å². The third kappa shape index (κ3) is 2.18. The molecule has 1 fully saturated rings. The van der Waals surface area contributed by atoms with E-state index in [9.17, 15) is 5.11 Å². The van der Waals surface area contributed by atoms with Gasteiger partial charge in [-0.3, -0.25) is 0 Å². The summed E-state index contributed by atoms with van der Waals surface area (Å²) >= 11 is 0. The summed E-state index contributed by atoms with van der Waals surface area (Å²) in [6, 6.07) is 6.13. The summed E-state index contributed by atoms with van der Waals surface area (Å²) in [7, 11) is 0. The Morgan fingerprint density at radius 1 is 1.11 bits per heavy atom. The molecule has 0 spiro atoms. The second-order valence-corrected chi connectivity index (χ2v) is 5.30. The highest BCUT2D eigenvalue weighted by molar-refractivity contribution is 5.44. The van der Waals surface area contributed by atoms with Crippen LogP contribution in [0.1, 0.15) is 18.4 Å². The molecule has 1 N–H and O–H groups in total. The lowest BCUT2D eigenvalue weighted by atomic mass is 10.1. The van der Waals surface area contributed by atoms with Gasteiger partial charge in [-0.15, -0.1) is 0 Å². The van der Waals surface area contributed by atoms with E-state index in [-0.39, 0.29) is 6.73 Å². The molecule has 18 heavy (non-hydrogen) atoms. The van der Waals surface area contributed by atoms with E-state index in [0.29, 0.717) is 6.79 Å². The first-order valence-electron chi connectivity index (χ1n) is 6.66. The summed E-state index contributed by atoms with van der Waals surface area (Å²) in [5.41, 5.74) is 1.26. The molecular formula is C14H20NO3+. The first-order valence-corrected chi connectivity index (χ1v) is 6.66. The van der Waals surface area contributed by atoms with Gasteiger partial charge in [-0.2, -0.15) is 0 Å². The molecule has 1 aromatic rings. The third-order valence-electron chi connectivity index (χ3n) is 4.13. The number of nitrogens with zero attached hydrogens (tertiary/aromatic N) is 1. The van der Waals surface area contributed by atoms with Crippen LogP contribution in [0.25, 0.3) is 0 Å². The monoisotopic (exact) mass is 250 g/mol. The molecule has 3 rings (SSSR count). The quantitative estimate of drug-likeness (QED) is 0.823. The highest BCUT2D eigenvalue weighted by Gasteiger charge is 2.30. The largest absolute Gasteiger partial charge is 0.454 e. The maximum absolute atomic E-state index is 9.58. The smallest absolute Gasteiger partial charge is 0.231 e. The number of rotatable bonds is 4. The lowest BCUT2D eigenvalue weighted by molar-refractivity contribution is -0.934. The zero-order valence-electron chi connectivity index (χ0n) is 10.6. The molecule has 2 aliphatic rings. The molecule has 2 heterocycles. The van der Waals surface area contributed by atoms with Crippen molar-refractivity contribution in [2.75, 3.05) is 33.2 Å². The van der Waals surface area contributed by atoms with Gasteiger partial charge in [0, 0.05) is 19.3 Å². The van der Waals surface area contributed by atoms with Gasteiger partial charge < -0.3 is 19.1 Å². The number of quaternary nitrogens is 1. The van der Waals surface area contributed by atoms with E-state index in [4.69, 9.17) is 9.47 Å². The summed E-state index contributed by atoms with van der Waals surface area (Å²) in [6.07, 6.45) is 3.46. The second-order valence-electron chi connectivity index (χ2n) is 5.30. The molecule has 4 heteroatoms. The number of fused-ring (bicyclic) bond motifs is 1. The minimum atomic E-state index is 0.268. The Balaban J connectivity index is 1.66. The van der Waals surface area contributed by atoms with Gasteiger partial charge in [-0.05, 0) is 17.7 Å². The molecule has 1 aromatic carbocycles. The third-order valence-corrected chi connectivity index (χ3v) is 4.13. The van der Waals surface area contributed by atoms with Gasteiger partial charge in [-0.1, -0.05) is 6.07 Å². The lowest BCUT2D eigenvalue weighted by Gasteiger charge is -2.31. The fourth-order valence-electron chi connectivity index (χ4n) is 2.90. The van der Waals surface area contributed by atoms with E-state index < -0.39 is 0 Å². The molecule has 0 unspecified atom stereocenters. The summed E-state index contributed by atoms with van der Waals surface area (Å²) < 4.78 is 11.5. The van der Waals surface area contributed by atoms with Crippen molar-refractivity contribution in [3.8, 4) is 11.5 Å². The van der Waals surface area contributed by atoms with E-state index in [1.807, 2.05) is 6.07 Å². The first-order chi connectivity index (χ1) is 8.81. The van der Waals surface area contributed by atoms with Crippen molar-refractivity contribution in [3.05, 3.63) is 23.8 Å². The van der Waals surface area contributed by atoms with Crippen LogP contribution in [0.5, 0.6) is 11.5 Å². The van der Waals surface area contributed by atoms with Crippen molar-refractivity contribution >= 4 is 0 Å². The van der Waals surface area contributed by atoms with Crippen molar-refractivity contribution in [2.24, 2.45) is 0 Å². The van der Waals surface area contributed by atoms with Crippen LogP contribution in [0, 0.1) is 0 Å². The summed E-state index contributed by atoms with van der Waals surface area (Å²) in [5.74, 6) is 1.69. The number of hydrogen-bond donors (Lipinski definition) is 1. The minimum absolute atomic E-state index is 0.268. The van der Waals surface area contributed by atoms with Crippen LogP contribution in [0.2, 0.25) is 0 Å².